The van der Waals surface area contributed by atoms with Crippen molar-refractivity contribution >= 4 is 11.6 Å². The minimum Gasteiger partial charge on any atom is -0.393 e. The summed E-state index contributed by atoms with van der Waals surface area (Å²) in [5, 5.41) is 14.8. The van der Waals surface area contributed by atoms with Crippen LogP contribution in [0.5, 0.6) is 0 Å². The molecule has 0 fully saturated rings. The largest absolute Gasteiger partial charge is 0.393 e. The lowest BCUT2D eigenvalue weighted by Crippen LogP contribution is -2.10. The molecule has 0 saturated heterocycles. The average molecular weight is 245 g/mol. The Hall–Kier alpha value is -0.540. The van der Waals surface area contributed by atoms with E-state index in [0.717, 1.165) is 48.6 Å². The van der Waals surface area contributed by atoms with Gasteiger partial charge in [-0.3, -0.25) is 4.68 Å². The quantitative estimate of drug-likeness (QED) is 0.836. The molecule has 0 amide bonds. The molecule has 0 spiro atoms. The number of aromatic nitrogens is 2. The Balaban J connectivity index is 2.65. The van der Waals surface area contributed by atoms with Crippen LogP contribution in [0.15, 0.2) is 0 Å². The molecular weight excluding hydrogens is 224 g/mol. The van der Waals surface area contributed by atoms with Crippen molar-refractivity contribution in [2.75, 3.05) is 0 Å². The standard InChI is InChI=1S/C12H21ClN2O/c1-4-6-10(16)7-8-11-12(13)9(3)14-15(11)5-2/h10,16H,4-8H2,1-3H3. The average Bonchev–Trinajstić information content (AvgIpc) is 2.53. The lowest BCUT2D eigenvalue weighted by atomic mass is 10.1. The summed E-state index contributed by atoms with van der Waals surface area (Å²) < 4.78 is 1.93. The summed E-state index contributed by atoms with van der Waals surface area (Å²) in [6.45, 7) is 6.87. The van der Waals surface area contributed by atoms with Crippen LogP contribution in [0, 0.1) is 6.92 Å². The first kappa shape index (κ1) is 13.5. The minimum atomic E-state index is -0.221. The maximum atomic E-state index is 9.70. The zero-order valence-corrected chi connectivity index (χ0v) is 11.1. The zero-order chi connectivity index (χ0) is 12.1. The van der Waals surface area contributed by atoms with E-state index in [2.05, 4.69) is 18.9 Å². The van der Waals surface area contributed by atoms with Crippen LogP contribution in [0.1, 0.15) is 44.5 Å². The summed E-state index contributed by atoms with van der Waals surface area (Å²) in [6, 6.07) is 0. The minimum absolute atomic E-state index is 0.221. The second-order valence-electron chi connectivity index (χ2n) is 4.14. The van der Waals surface area contributed by atoms with Gasteiger partial charge in [0.1, 0.15) is 0 Å². The monoisotopic (exact) mass is 244 g/mol. The number of halogens is 1. The van der Waals surface area contributed by atoms with E-state index >= 15 is 0 Å². The molecule has 1 N–H and O–H groups in total. The summed E-state index contributed by atoms with van der Waals surface area (Å²) in [6.07, 6.45) is 3.21. The van der Waals surface area contributed by atoms with E-state index in [1.54, 1.807) is 0 Å². The number of nitrogens with zero attached hydrogens (tertiary/aromatic N) is 2. The third-order valence-corrected chi connectivity index (χ3v) is 3.28. The van der Waals surface area contributed by atoms with Gasteiger partial charge in [-0.1, -0.05) is 24.9 Å². The predicted molar refractivity (Wildman–Crippen MR) is 66.9 cm³/mol. The molecule has 0 radical (unpaired) electrons. The van der Waals surface area contributed by atoms with Crippen LogP contribution in [-0.4, -0.2) is 21.0 Å². The fourth-order valence-electron chi connectivity index (χ4n) is 1.89. The predicted octanol–water partition coefficient (Wildman–Crippen LogP) is 2.96. The normalized spacial score (nSPS) is 13.1. The van der Waals surface area contributed by atoms with Crippen LogP contribution in [0.3, 0.4) is 0 Å². The van der Waals surface area contributed by atoms with E-state index in [0.29, 0.717) is 0 Å². The molecule has 4 heteroatoms. The molecule has 3 nitrogen and oxygen atoms in total. The number of rotatable bonds is 6. The lowest BCUT2D eigenvalue weighted by molar-refractivity contribution is 0.153. The van der Waals surface area contributed by atoms with Crippen LogP contribution < -0.4 is 0 Å². The van der Waals surface area contributed by atoms with Crippen molar-refractivity contribution in [3.05, 3.63) is 16.4 Å². The molecule has 1 rings (SSSR count). The topological polar surface area (TPSA) is 38.1 Å². The number of aliphatic hydroxyl groups is 1. The SMILES string of the molecule is CCCC(O)CCc1c(Cl)c(C)nn1CC. The van der Waals surface area contributed by atoms with Gasteiger partial charge in [-0.05, 0) is 33.1 Å². The van der Waals surface area contributed by atoms with E-state index in [-0.39, 0.29) is 6.10 Å². The van der Waals surface area contributed by atoms with E-state index in [1.165, 1.54) is 0 Å². The first-order valence-corrected chi connectivity index (χ1v) is 6.37. The fraction of sp³-hybridized carbons (Fsp3) is 0.750. The van der Waals surface area contributed by atoms with Crippen LogP contribution >= 0.6 is 11.6 Å². The number of aryl methyl sites for hydroxylation is 2. The molecule has 0 bridgehead atoms. The smallest absolute Gasteiger partial charge is 0.0847 e. The summed E-state index contributed by atoms with van der Waals surface area (Å²) >= 11 is 6.19. The Labute approximate surface area is 102 Å². The number of hydrogen-bond donors (Lipinski definition) is 1. The molecule has 0 aliphatic heterocycles. The highest BCUT2D eigenvalue weighted by molar-refractivity contribution is 6.31. The van der Waals surface area contributed by atoms with Gasteiger partial charge in [0.05, 0.1) is 22.5 Å². The summed E-state index contributed by atoms with van der Waals surface area (Å²) in [5.41, 5.74) is 1.93. The third kappa shape index (κ3) is 3.22. The van der Waals surface area contributed by atoms with Crippen molar-refractivity contribution in [3.63, 3.8) is 0 Å². The second-order valence-corrected chi connectivity index (χ2v) is 4.52. The summed E-state index contributed by atoms with van der Waals surface area (Å²) in [4.78, 5) is 0. The van der Waals surface area contributed by atoms with Crippen molar-refractivity contribution in [1.82, 2.24) is 9.78 Å². The molecule has 0 saturated carbocycles. The summed E-state index contributed by atoms with van der Waals surface area (Å²) in [5.74, 6) is 0. The molecule has 1 heterocycles. The fourth-order valence-corrected chi connectivity index (χ4v) is 2.12. The van der Waals surface area contributed by atoms with E-state index in [9.17, 15) is 5.11 Å². The van der Waals surface area contributed by atoms with Gasteiger partial charge in [-0.15, -0.1) is 0 Å². The molecular formula is C12H21ClN2O. The van der Waals surface area contributed by atoms with E-state index in [4.69, 9.17) is 11.6 Å². The molecule has 0 aliphatic carbocycles. The molecule has 16 heavy (non-hydrogen) atoms. The van der Waals surface area contributed by atoms with Gasteiger partial charge in [-0.25, -0.2) is 0 Å². The van der Waals surface area contributed by atoms with Gasteiger partial charge < -0.3 is 5.11 Å². The third-order valence-electron chi connectivity index (χ3n) is 2.79. The maximum absolute atomic E-state index is 9.70. The van der Waals surface area contributed by atoms with Crippen molar-refractivity contribution in [2.24, 2.45) is 0 Å². The zero-order valence-electron chi connectivity index (χ0n) is 10.3. The molecule has 1 aromatic heterocycles. The molecule has 0 aromatic carbocycles. The van der Waals surface area contributed by atoms with Crippen molar-refractivity contribution in [3.8, 4) is 0 Å². The first-order chi connectivity index (χ1) is 7.60. The Bertz CT molecular complexity index is 336. The van der Waals surface area contributed by atoms with Gasteiger partial charge in [0.2, 0.25) is 0 Å². The highest BCUT2D eigenvalue weighted by Gasteiger charge is 2.13. The first-order valence-electron chi connectivity index (χ1n) is 5.99. The van der Waals surface area contributed by atoms with Crippen LogP contribution in [-0.2, 0) is 13.0 Å². The number of hydrogen-bond acceptors (Lipinski definition) is 2. The van der Waals surface area contributed by atoms with Crippen LogP contribution in [0.2, 0.25) is 5.02 Å². The Morgan fingerprint density at radius 3 is 2.62 bits per heavy atom. The maximum Gasteiger partial charge on any atom is 0.0847 e. The van der Waals surface area contributed by atoms with Gasteiger partial charge in [-0.2, -0.15) is 5.10 Å². The molecule has 92 valence electrons. The van der Waals surface area contributed by atoms with E-state index < -0.39 is 0 Å². The molecule has 1 unspecified atom stereocenters. The van der Waals surface area contributed by atoms with Crippen molar-refractivity contribution in [2.45, 2.75) is 59.1 Å². The van der Waals surface area contributed by atoms with Crippen molar-refractivity contribution < 1.29 is 5.11 Å². The van der Waals surface area contributed by atoms with Gasteiger partial charge in [0.25, 0.3) is 0 Å². The van der Waals surface area contributed by atoms with Gasteiger partial charge in [0.15, 0.2) is 0 Å². The second kappa shape index (κ2) is 6.26. The highest BCUT2D eigenvalue weighted by Crippen LogP contribution is 2.22. The highest BCUT2D eigenvalue weighted by atomic mass is 35.5. The van der Waals surface area contributed by atoms with E-state index in [1.807, 2.05) is 11.6 Å². The molecule has 1 atom stereocenters. The Kier molecular flexibility index (Phi) is 5.29. The Morgan fingerprint density at radius 1 is 1.38 bits per heavy atom. The number of aliphatic hydroxyl groups excluding tert-OH is 1. The molecule has 0 aliphatic rings. The van der Waals surface area contributed by atoms with Gasteiger partial charge in [0, 0.05) is 6.54 Å². The molecule has 1 aromatic rings. The van der Waals surface area contributed by atoms with Crippen LogP contribution in [0.25, 0.3) is 0 Å². The lowest BCUT2D eigenvalue weighted by Gasteiger charge is -2.10. The Morgan fingerprint density at radius 2 is 2.06 bits per heavy atom. The summed E-state index contributed by atoms with van der Waals surface area (Å²) in [7, 11) is 0. The van der Waals surface area contributed by atoms with Crippen LogP contribution in [0.4, 0.5) is 0 Å². The van der Waals surface area contributed by atoms with Gasteiger partial charge >= 0.3 is 0 Å². The van der Waals surface area contributed by atoms with Crippen molar-refractivity contribution in [1.29, 1.82) is 0 Å².